The summed E-state index contributed by atoms with van der Waals surface area (Å²) < 4.78 is 5.69. The highest BCUT2D eigenvalue weighted by molar-refractivity contribution is 6.35. The average molecular weight is 301 g/mol. The number of amides is 1. The number of carbonyl (C=O) groups is 1. The molecule has 1 aromatic rings. The van der Waals surface area contributed by atoms with Crippen molar-refractivity contribution in [2.75, 3.05) is 6.61 Å². The number of halogens is 2. The molecule has 0 bridgehead atoms. The molecule has 102 valence electrons. The first-order valence-electron chi connectivity index (χ1n) is 6.38. The summed E-state index contributed by atoms with van der Waals surface area (Å²) in [5.41, 5.74) is 0.364. The van der Waals surface area contributed by atoms with Gasteiger partial charge in [-0.3, -0.25) is 4.79 Å². The standard InChI is InChI=1S/C13H14Cl2N2O2/c14-9-6-16-11(15)5-8(9)13(18)17-10-3-4-19-12(10)7-1-2-7/h5-7,10,12H,1-4H2,(H,17,18). The molecule has 1 N–H and O–H groups in total. The van der Waals surface area contributed by atoms with E-state index in [9.17, 15) is 4.79 Å². The van der Waals surface area contributed by atoms with E-state index in [0.29, 0.717) is 23.1 Å². The fraction of sp³-hybridized carbons (Fsp3) is 0.538. The smallest absolute Gasteiger partial charge is 0.253 e. The van der Waals surface area contributed by atoms with Gasteiger partial charge in [-0.05, 0) is 31.2 Å². The molecule has 4 nitrogen and oxygen atoms in total. The lowest BCUT2D eigenvalue weighted by molar-refractivity contribution is 0.0729. The predicted octanol–water partition coefficient (Wildman–Crippen LogP) is 2.69. The van der Waals surface area contributed by atoms with Crippen LogP contribution >= 0.6 is 23.2 Å². The molecule has 3 rings (SSSR count). The summed E-state index contributed by atoms with van der Waals surface area (Å²) in [6.07, 6.45) is 4.78. The van der Waals surface area contributed by atoms with Crippen LogP contribution in [0.25, 0.3) is 0 Å². The second kappa shape index (κ2) is 5.27. The summed E-state index contributed by atoms with van der Waals surface area (Å²) in [6.45, 7) is 0.705. The number of hydrogen-bond donors (Lipinski definition) is 1. The molecule has 1 aliphatic heterocycles. The van der Waals surface area contributed by atoms with Crippen LogP contribution in [0, 0.1) is 5.92 Å². The summed E-state index contributed by atoms with van der Waals surface area (Å²) in [7, 11) is 0. The lowest BCUT2D eigenvalue weighted by atomic mass is 10.1. The Morgan fingerprint density at radius 2 is 2.16 bits per heavy atom. The van der Waals surface area contributed by atoms with Crippen molar-refractivity contribution in [3.8, 4) is 0 Å². The monoisotopic (exact) mass is 300 g/mol. The SMILES string of the molecule is O=C(NC1CCOC1C1CC1)c1cc(Cl)ncc1Cl. The highest BCUT2D eigenvalue weighted by atomic mass is 35.5. The van der Waals surface area contributed by atoms with Gasteiger partial charge < -0.3 is 10.1 Å². The van der Waals surface area contributed by atoms with Crippen molar-refractivity contribution in [3.63, 3.8) is 0 Å². The minimum atomic E-state index is -0.213. The predicted molar refractivity (Wildman–Crippen MR) is 72.6 cm³/mol. The maximum atomic E-state index is 12.2. The molecule has 1 aliphatic carbocycles. The van der Waals surface area contributed by atoms with Gasteiger partial charge in [0.1, 0.15) is 5.15 Å². The molecular formula is C13H14Cl2N2O2. The molecular weight excluding hydrogens is 287 g/mol. The zero-order valence-corrected chi connectivity index (χ0v) is 11.7. The Labute approximate surface area is 121 Å². The van der Waals surface area contributed by atoms with Crippen molar-refractivity contribution in [1.29, 1.82) is 0 Å². The van der Waals surface area contributed by atoms with Gasteiger partial charge in [-0.25, -0.2) is 4.98 Å². The van der Waals surface area contributed by atoms with Gasteiger partial charge in [0.05, 0.1) is 22.7 Å². The third-order valence-corrected chi connectivity index (χ3v) is 4.11. The molecule has 2 fully saturated rings. The van der Waals surface area contributed by atoms with Gasteiger partial charge >= 0.3 is 0 Å². The molecule has 0 radical (unpaired) electrons. The van der Waals surface area contributed by atoms with E-state index in [2.05, 4.69) is 10.3 Å². The van der Waals surface area contributed by atoms with E-state index in [4.69, 9.17) is 27.9 Å². The molecule has 6 heteroatoms. The number of hydrogen-bond acceptors (Lipinski definition) is 3. The Bertz CT molecular complexity index is 505. The van der Waals surface area contributed by atoms with E-state index < -0.39 is 0 Å². The topological polar surface area (TPSA) is 51.2 Å². The third kappa shape index (κ3) is 2.86. The maximum absolute atomic E-state index is 12.2. The molecule has 1 saturated carbocycles. The van der Waals surface area contributed by atoms with Crippen LogP contribution in [0.4, 0.5) is 0 Å². The first kappa shape index (κ1) is 13.2. The second-order valence-electron chi connectivity index (χ2n) is 5.03. The number of ether oxygens (including phenoxy) is 1. The molecule has 1 amide bonds. The maximum Gasteiger partial charge on any atom is 0.253 e. The van der Waals surface area contributed by atoms with Crippen LogP contribution in [0.15, 0.2) is 12.3 Å². The Hall–Kier alpha value is -0.840. The van der Waals surface area contributed by atoms with Crippen LogP contribution in [0.1, 0.15) is 29.6 Å². The molecule has 0 spiro atoms. The molecule has 2 aliphatic rings. The van der Waals surface area contributed by atoms with E-state index in [1.807, 2.05) is 0 Å². The molecule has 1 saturated heterocycles. The van der Waals surface area contributed by atoms with Gasteiger partial charge in [0.25, 0.3) is 5.91 Å². The van der Waals surface area contributed by atoms with Crippen molar-refractivity contribution in [2.45, 2.75) is 31.4 Å². The molecule has 1 aromatic heterocycles. The van der Waals surface area contributed by atoms with Crippen LogP contribution in [0.5, 0.6) is 0 Å². The largest absolute Gasteiger partial charge is 0.376 e. The van der Waals surface area contributed by atoms with Gasteiger partial charge in [0.15, 0.2) is 0 Å². The van der Waals surface area contributed by atoms with Crippen LogP contribution in [-0.2, 0) is 4.74 Å². The van der Waals surface area contributed by atoms with E-state index in [1.54, 1.807) is 0 Å². The molecule has 0 aromatic carbocycles. The number of carbonyl (C=O) groups excluding carboxylic acids is 1. The first-order chi connectivity index (χ1) is 9.15. The van der Waals surface area contributed by atoms with Crippen molar-refractivity contribution in [3.05, 3.63) is 28.0 Å². The Balaban J connectivity index is 1.72. The van der Waals surface area contributed by atoms with Gasteiger partial charge in [-0.1, -0.05) is 23.2 Å². The number of nitrogens with one attached hydrogen (secondary N) is 1. The Morgan fingerprint density at radius 3 is 2.89 bits per heavy atom. The summed E-state index contributed by atoms with van der Waals surface area (Å²) in [5, 5.41) is 3.57. The van der Waals surface area contributed by atoms with Crippen LogP contribution < -0.4 is 5.32 Å². The molecule has 19 heavy (non-hydrogen) atoms. The zero-order valence-electron chi connectivity index (χ0n) is 10.2. The Morgan fingerprint density at radius 1 is 1.37 bits per heavy atom. The third-order valence-electron chi connectivity index (χ3n) is 3.61. The minimum Gasteiger partial charge on any atom is -0.376 e. The van der Waals surface area contributed by atoms with Gasteiger partial charge in [-0.2, -0.15) is 0 Å². The van der Waals surface area contributed by atoms with E-state index in [0.717, 1.165) is 6.42 Å². The molecule has 2 heterocycles. The highest BCUT2D eigenvalue weighted by Gasteiger charge is 2.41. The number of aromatic nitrogens is 1. The summed E-state index contributed by atoms with van der Waals surface area (Å²) >= 11 is 11.8. The van der Waals surface area contributed by atoms with E-state index in [1.165, 1.54) is 25.1 Å². The fourth-order valence-electron chi connectivity index (χ4n) is 2.49. The highest BCUT2D eigenvalue weighted by Crippen LogP contribution is 2.38. The molecule has 2 unspecified atom stereocenters. The lowest BCUT2D eigenvalue weighted by Crippen LogP contribution is -2.41. The van der Waals surface area contributed by atoms with Crippen molar-refractivity contribution in [1.82, 2.24) is 10.3 Å². The average Bonchev–Trinajstić information content (AvgIpc) is 3.13. The number of rotatable bonds is 3. The minimum absolute atomic E-state index is 0.0722. The number of pyridine rings is 1. The Kier molecular flexibility index (Phi) is 3.65. The van der Waals surface area contributed by atoms with Crippen LogP contribution in [0.3, 0.4) is 0 Å². The van der Waals surface area contributed by atoms with Gasteiger partial charge in [-0.15, -0.1) is 0 Å². The second-order valence-corrected chi connectivity index (χ2v) is 5.82. The first-order valence-corrected chi connectivity index (χ1v) is 7.14. The van der Waals surface area contributed by atoms with Crippen molar-refractivity contribution in [2.24, 2.45) is 5.92 Å². The van der Waals surface area contributed by atoms with Crippen LogP contribution in [-0.4, -0.2) is 29.6 Å². The summed E-state index contributed by atoms with van der Waals surface area (Å²) in [6, 6.07) is 1.56. The van der Waals surface area contributed by atoms with Crippen molar-refractivity contribution < 1.29 is 9.53 Å². The van der Waals surface area contributed by atoms with Crippen molar-refractivity contribution >= 4 is 29.1 Å². The lowest BCUT2D eigenvalue weighted by Gasteiger charge is -2.19. The van der Waals surface area contributed by atoms with Gasteiger partial charge in [0.2, 0.25) is 0 Å². The van der Waals surface area contributed by atoms with Crippen LogP contribution in [0.2, 0.25) is 10.2 Å². The summed E-state index contributed by atoms with van der Waals surface area (Å²) in [4.78, 5) is 16.1. The van der Waals surface area contributed by atoms with E-state index >= 15 is 0 Å². The van der Waals surface area contributed by atoms with E-state index in [-0.39, 0.29) is 23.2 Å². The molecule has 2 atom stereocenters. The summed E-state index contributed by atoms with van der Waals surface area (Å²) in [5.74, 6) is 0.389. The normalized spacial score (nSPS) is 26.4. The zero-order chi connectivity index (χ0) is 13.4. The quantitative estimate of drug-likeness (QED) is 0.873. The fourth-order valence-corrected chi connectivity index (χ4v) is 2.84. The number of nitrogens with zero attached hydrogens (tertiary/aromatic N) is 1. The van der Waals surface area contributed by atoms with Gasteiger partial charge in [0, 0.05) is 12.8 Å².